The molecule has 1 heterocycles. The van der Waals surface area contributed by atoms with Crippen LogP contribution in [0, 0.1) is 5.41 Å². The van der Waals surface area contributed by atoms with Crippen molar-refractivity contribution >= 4 is 33.4 Å². The zero-order chi connectivity index (χ0) is 17.3. The van der Waals surface area contributed by atoms with Gasteiger partial charge in [0.25, 0.3) is 5.91 Å². The summed E-state index contributed by atoms with van der Waals surface area (Å²) in [7, 11) is 1.61. The molecule has 0 aliphatic heterocycles. The van der Waals surface area contributed by atoms with E-state index < -0.39 is 0 Å². The summed E-state index contributed by atoms with van der Waals surface area (Å²) in [5, 5.41) is 12.3. The Bertz CT molecular complexity index is 943. The number of fused-ring (bicyclic) bond motifs is 3. The molecule has 0 fully saturated rings. The van der Waals surface area contributed by atoms with E-state index in [0.717, 1.165) is 27.4 Å². The number of hydrogen-bond donors (Lipinski definition) is 2. The molecule has 0 saturated heterocycles. The monoisotopic (exact) mass is 325 g/mol. The topological polar surface area (TPSA) is 57.9 Å². The van der Waals surface area contributed by atoms with Gasteiger partial charge < -0.3 is 15.3 Å². The molecular weight excluding hydrogens is 305 g/mol. The van der Waals surface area contributed by atoms with Crippen molar-refractivity contribution in [3.05, 3.63) is 47.5 Å². The number of hydrogen-bond acceptors (Lipinski definition) is 2. The fourth-order valence-corrected chi connectivity index (χ4v) is 3.17. The van der Waals surface area contributed by atoms with E-state index in [9.17, 15) is 9.18 Å². The Labute approximate surface area is 139 Å². The van der Waals surface area contributed by atoms with Gasteiger partial charge in [-0.05, 0) is 43.2 Å². The van der Waals surface area contributed by atoms with Gasteiger partial charge in [0.05, 0.1) is 6.67 Å². The molecule has 3 aromatic rings. The van der Waals surface area contributed by atoms with Gasteiger partial charge in [-0.2, -0.15) is 0 Å². The summed E-state index contributed by atoms with van der Waals surface area (Å²) < 4.78 is 14.8. The zero-order valence-electron chi connectivity index (χ0n) is 13.8. The number of rotatable bonds is 5. The highest BCUT2D eigenvalue weighted by atomic mass is 19.1. The predicted molar refractivity (Wildman–Crippen MR) is 95.9 cm³/mol. The molecule has 0 unspecified atom stereocenters. The number of nitrogens with one attached hydrogen (secondary N) is 2. The van der Waals surface area contributed by atoms with E-state index in [1.807, 2.05) is 30.3 Å². The van der Waals surface area contributed by atoms with E-state index in [2.05, 4.69) is 9.88 Å². The Kier molecular flexibility index (Phi) is 4.34. The number of halogens is 1. The largest absolute Gasteiger partial charge is 0.355 e. The molecule has 0 atom stereocenters. The van der Waals surface area contributed by atoms with Gasteiger partial charge in [-0.15, -0.1) is 0 Å². The fourth-order valence-electron chi connectivity index (χ4n) is 3.17. The molecule has 0 saturated carbocycles. The Morgan fingerprint density at radius 1 is 1.25 bits per heavy atom. The lowest BCUT2D eigenvalue weighted by Gasteiger charge is -2.06. The summed E-state index contributed by atoms with van der Waals surface area (Å²) >= 11 is 0. The van der Waals surface area contributed by atoms with Gasteiger partial charge in [-0.1, -0.05) is 12.1 Å². The first-order valence-electron chi connectivity index (χ1n) is 7.97. The van der Waals surface area contributed by atoms with Crippen molar-refractivity contribution < 1.29 is 9.18 Å². The molecule has 0 aliphatic carbocycles. The summed E-state index contributed by atoms with van der Waals surface area (Å²) in [6.07, 6.45) is 0.425. The quantitative estimate of drug-likeness (QED) is 0.687. The summed E-state index contributed by atoms with van der Waals surface area (Å²) in [4.78, 5) is 12.3. The summed E-state index contributed by atoms with van der Waals surface area (Å²) in [6, 6.07) is 11.4. The molecule has 0 radical (unpaired) electrons. The summed E-state index contributed by atoms with van der Waals surface area (Å²) in [6.45, 7) is 1.91. The van der Waals surface area contributed by atoms with Crippen LogP contribution < -0.4 is 5.32 Å². The molecule has 124 valence electrons. The van der Waals surface area contributed by atoms with Crippen LogP contribution in [-0.4, -0.2) is 29.9 Å². The van der Waals surface area contributed by atoms with Crippen LogP contribution in [0.15, 0.2) is 36.4 Å². The lowest BCUT2D eigenvalue weighted by atomic mass is 10.0. The van der Waals surface area contributed by atoms with Gasteiger partial charge in [0, 0.05) is 46.7 Å². The van der Waals surface area contributed by atoms with Crippen LogP contribution in [0.25, 0.3) is 21.8 Å². The predicted octanol–water partition coefficient (Wildman–Crippen LogP) is 3.90. The van der Waals surface area contributed by atoms with Crippen LogP contribution in [0.5, 0.6) is 0 Å². The molecule has 24 heavy (non-hydrogen) atoms. The van der Waals surface area contributed by atoms with Gasteiger partial charge in [0.1, 0.15) is 0 Å². The maximum absolute atomic E-state index is 12.7. The summed E-state index contributed by atoms with van der Waals surface area (Å²) in [5.41, 5.74) is 3.76. The molecule has 0 spiro atoms. The first-order chi connectivity index (χ1) is 11.6. The number of aryl methyl sites for hydroxylation is 1. The molecule has 3 rings (SSSR count). The molecule has 2 aromatic carbocycles. The van der Waals surface area contributed by atoms with Crippen molar-refractivity contribution in [1.82, 2.24) is 9.88 Å². The minimum absolute atomic E-state index is 0.151. The highest BCUT2D eigenvalue weighted by Crippen LogP contribution is 2.32. The SMILES string of the molecule is CNC(=O)c1cccc2c1c1cc(C(C)=N)ccc1n2CCCF. The van der Waals surface area contributed by atoms with Crippen LogP contribution in [-0.2, 0) is 6.54 Å². The van der Waals surface area contributed by atoms with Crippen molar-refractivity contribution in [3.63, 3.8) is 0 Å². The standard InChI is InChI=1S/C19H20FN3O/c1-12(21)13-7-8-16-15(11-13)18-14(19(24)22-2)5-3-6-17(18)23(16)10-4-9-20/h3,5-8,11,21H,4,9-10H2,1-2H3,(H,22,24). The maximum atomic E-state index is 12.7. The highest BCUT2D eigenvalue weighted by Gasteiger charge is 2.17. The molecule has 4 nitrogen and oxygen atoms in total. The fraction of sp³-hybridized carbons (Fsp3) is 0.263. The van der Waals surface area contributed by atoms with Gasteiger partial charge in [0.2, 0.25) is 0 Å². The number of amides is 1. The van der Waals surface area contributed by atoms with E-state index in [1.54, 1.807) is 20.0 Å². The second-order valence-electron chi connectivity index (χ2n) is 5.83. The second kappa shape index (κ2) is 6.43. The number of carbonyl (C=O) groups is 1. The Morgan fingerprint density at radius 2 is 2.04 bits per heavy atom. The third kappa shape index (κ3) is 2.56. The molecule has 0 bridgehead atoms. The number of carbonyl (C=O) groups excluding carboxylic acids is 1. The lowest BCUT2D eigenvalue weighted by molar-refractivity contribution is 0.0965. The molecule has 1 amide bonds. The van der Waals surface area contributed by atoms with Gasteiger partial charge in [-0.25, -0.2) is 0 Å². The Morgan fingerprint density at radius 3 is 2.71 bits per heavy atom. The highest BCUT2D eigenvalue weighted by molar-refractivity contribution is 6.19. The lowest BCUT2D eigenvalue weighted by Crippen LogP contribution is -2.17. The van der Waals surface area contributed by atoms with E-state index in [1.165, 1.54) is 0 Å². The van der Waals surface area contributed by atoms with Crippen molar-refractivity contribution in [2.24, 2.45) is 0 Å². The average molecular weight is 325 g/mol. The zero-order valence-corrected chi connectivity index (χ0v) is 13.8. The smallest absolute Gasteiger partial charge is 0.251 e. The Hall–Kier alpha value is -2.69. The minimum Gasteiger partial charge on any atom is -0.355 e. The van der Waals surface area contributed by atoms with Crippen LogP contribution >= 0.6 is 0 Å². The molecule has 0 aliphatic rings. The van der Waals surface area contributed by atoms with Crippen LogP contribution in [0.3, 0.4) is 0 Å². The van der Waals surface area contributed by atoms with Crippen LogP contribution in [0.2, 0.25) is 0 Å². The van der Waals surface area contributed by atoms with Crippen molar-refractivity contribution in [3.8, 4) is 0 Å². The first kappa shape index (κ1) is 16.2. The van der Waals surface area contributed by atoms with Gasteiger partial charge >= 0.3 is 0 Å². The number of benzene rings is 2. The van der Waals surface area contributed by atoms with Crippen molar-refractivity contribution in [2.45, 2.75) is 19.9 Å². The molecular formula is C19H20FN3O. The third-order valence-corrected chi connectivity index (χ3v) is 4.31. The van der Waals surface area contributed by atoms with E-state index >= 15 is 0 Å². The minimum atomic E-state index is -0.381. The van der Waals surface area contributed by atoms with Gasteiger partial charge in [0.15, 0.2) is 0 Å². The van der Waals surface area contributed by atoms with Crippen molar-refractivity contribution in [1.29, 1.82) is 5.41 Å². The number of nitrogens with zero attached hydrogens (tertiary/aromatic N) is 1. The van der Waals surface area contributed by atoms with E-state index in [0.29, 0.717) is 24.2 Å². The molecule has 1 aromatic heterocycles. The number of aromatic nitrogens is 1. The van der Waals surface area contributed by atoms with E-state index in [-0.39, 0.29) is 12.6 Å². The maximum Gasteiger partial charge on any atom is 0.251 e. The molecule has 2 N–H and O–H groups in total. The van der Waals surface area contributed by atoms with Gasteiger partial charge in [-0.3, -0.25) is 9.18 Å². The normalized spacial score (nSPS) is 11.1. The average Bonchev–Trinajstić information content (AvgIpc) is 2.92. The third-order valence-electron chi connectivity index (χ3n) is 4.31. The van der Waals surface area contributed by atoms with Crippen molar-refractivity contribution in [2.75, 3.05) is 13.7 Å². The number of alkyl halides is 1. The van der Waals surface area contributed by atoms with Crippen LogP contribution in [0.4, 0.5) is 4.39 Å². The van der Waals surface area contributed by atoms with Crippen LogP contribution in [0.1, 0.15) is 29.3 Å². The summed E-state index contributed by atoms with van der Waals surface area (Å²) in [5.74, 6) is -0.151. The second-order valence-corrected chi connectivity index (χ2v) is 5.83. The first-order valence-corrected chi connectivity index (χ1v) is 7.97. The Balaban J connectivity index is 2.41. The van der Waals surface area contributed by atoms with E-state index in [4.69, 9.17) is 5.41 Å². The molecule has 5 heteroatoms.